The highest BCUT2D eigenvalue weighted by atomic mass is 32.2. The number of aryl methyl sites for hydroxylation is 1. The number of benzene rings is 1. The topological polar surface area (TPSA) is 76.5 Å². The summed E-state index contributed by atoms with van der Waals surface area (Å²) < 4.78 is 87.7. The molecule has 0 amide bonds. The fourth-order valence-electron chi connectivity index (χ4n) is 4.42. The van der Waals surface area contributed by atoms with Crippen LogP contribution in [-0.2, 0) is 28.0 Å². The maximum Gasteiger partial charge on any atom is 0.419 e. The molecule has 3 atom stereocenters. The lowest BCUT2D eigenvalue weighted by Gasteiger charge is -2.31. The van der Waals surface area contributed by atoms with Gasteiger partial charge in [-0.15, -0.1) is 0 Å². The zero-order valence-electron chi connectivity index (χ0n) is 17.3. The van der Waals surface area contributed by atoms with Gasteiger partial charge in [0.05, 0.1) is 11.9 Å². The fourth-order valence-corrected chi connectivity index (χ4v) is 5.89. The normalized spacial score (nSPS) is 25.2. The van der Waals surface area contributed by atoms with Crippen molar-refractivity contribution in [3.63, 3.8) is 0 Å². The van der Waals surface area contributed by atoms with E-state index in [1.165, 1.54) is 27.5 Å². The van der Waals surface area contributed by atoms with E-state index in [9.17, 15) is 26.0 Å². The molecule has 2 fully saturated rings. The molecule has 2 aliphatic rings. The maximum absolute atomic E-state index is 13.7. The first-order valence-corrected chi connectivity index (χ1v) is 11.7. The summed E-state index contributed by atoms with van der Waals surface area (Å²) in [6.45, 7) is 1.33. The van der Waals surface area contributed by atoms with Crippen LogP contribution < -0.4 is 5.32 Å². The second-order valence-corrected chi connectivity index (χ2v) is 10.2. The molecule has 1 aromatic heterocycles. The average Bonchev–Trinajstić information content (AvgIpc) is 3.36. The van der Waals surface area contributed by atoms with E-state index in [4.69, 9.17) is 4.74 Å². The predicted molar refractivity (Wildman–Crippen MR) is 108 cm³/mol. The van der Waals surface area contributed by atoms with Crippen molar-refractivity contribution in [1.29, 1.82) is 0 Å². The lowest BCUT2D eigenvalue weighted by molar-refractivity contribution is -0.139. The van der Waals surface area contributed by atoms with Gasteiger partial charge in [-0.3, -0.25) is 0 Å². The van der Waals surface area contributed by atoms with Crippen molar-refractivity contribution in [2.75, 3.05) is 31.6 Å². The van der Waals surface area contributed by atoms with Crippen LogP contribution in [0.2, 0.25) is 0 Å². The van der Waals surface area contributed by atoms with Gasteiger partial charge >= 0.3 is 6.18 Å². The number of imidazole rings is 1. The van der Waals surface area contributed by atoms with Gasteiger partial charge in [0.25, 0.3) is 10.0 Å². The van der Waals surface area contributed by atoms with Crippen LogP contribution in [0.1, 0.15) is 18.4 Å². The Morgan fingerprint density at radius 1 is 1.25 bits per heavy atom. The summed E-state index contributed by atoms with van der Waals surface area (Å²) in [5.41, 5.74) is -1.28. The molecule has 0 aliphatic carbocycles. The van der Waals surface area contributed by atoms with Crippen molar-refractivity contribution < 1.29 is 30.7 Å². The lowest BCUT2D eigenvalue weighted by Crippen LogP contribution is -2.36. The number of sulfonamides is 1. The van der Waals surface area contributed by atoms with E-state index in [0.717, 1.165) is 25.0 Å². The predicted octanol–water partition coefficient (Wildman–Crippen LogP) is 3.11. The van der Waals surface area contributed by atoms with Gasteiger partial charge in [-0.25, -0.2) is 17.8 Å². The number of anilines is 1. The molecule has 3 heterocycles. The van der Waals surface area contributed by atoms with E-state index in [1.54, 1.807) is 7.05 Å². The third kappa shape index (κ3) is 4.62. The monoisotopic (exact) mass is 476 g/mol. The zero-order valence-corrected chi connectivity index (χ0v) is 18.2. The summed E-state index contributed by atoms with van der Waals surface area (Å²) in [6, 6.07) is 2.25. The summed E-state index contributed by atoms with van der Waals surface area (Å²) >= 11 is 0. The number of rotatable bonds is 5. The average molecular weight is 476 g/mol. The van der Waals surface area contributed by atoms with Crippen LogP contribution in [0.3, 0.4) is 0 Å². The van der Waals surface area contributed by atoms with Gasteiger partial charge < -0.3 is 14.6 Å². The van der Waals surface area contributed by atoms with E-state index < -0.39 is 33.6 Å². The molecule has 0 bridgehead atoms. The second kappa shape index (κ2) is 8.64. The number of hydrogen-bond donors (Lipinski definition) is 1. The Morgan fingerprint density at radius 2 is 2.03 bits per heavy atom. The molecule has 12 heteroatoms. The Hall–Kier alpha value is -2.18. The third-order valence-electron chi connectivity index (χ3n) is 6.04. The van der Waals surface area contributed by atoms with Crippen molar-refractivity contribution in [1.82, 2.24) is 13.9 Å². The van der Waals surface area contributed by atoms with E-state index in [0.29, 0.717) is 13.2 Å². The van der Waals surface area contributed by atoms with Crippen LogP contribution in [0.4, 0.5) is 23.2 Å². The maximum atomic E-state index is 13.7. The van der Waals surface area contributed by atoms with Crippen molar-refractivity contribution in [3.8, 4) is 0 Å². The first-order valence-electron chi connectivity index (χ1n) is 10.2. The third-order valence-corrected chi connectivity index (χ3v) is 7.76. The molecular formula is C20H24F4N4O3S. The minimum atomic E-state index is -4.83. The summed E-state index contributed by atoms with van der Waals surface area (Å²) in [7, 11) is -2.21. The molecule has 2 aliphatic heterocycles. The fraction of sp³-hybridized carbons (Fsp3) is 0.550. The van der Waals surface area contributed by atoms with E-state index >= 15 is 0 Å². The number of nitrogens with zero attached hydrogens (tertiary/aromatic N) is 3. The summed E-state index contributed by atoms with van der Waals surface area (Å²) in [6.07, 6.45) is -0.373. The van der Waals surface area contributed by atoms with Crippen LogP contribution in [0.25, 0.3) is 0 Å². The molecule has 0 unspecified atom stereocenters. The molecule has 7 nitrogen and oxygen atoms in total. The Labute approximate surface area is 183 Å². The molecule has 4 rings (SSSR count). The summed E-state index contributed by atoms with van der Waals surface area (Å²) in [4.78, 5) is 3.95. The van der Waals surface area contributed by atoms with Crippen LogP contribution in [0, 0.1) is 17.7 Å². The summed E-state index contributed by atoms with van der Waals surface area (Å²) in [5.74, 6) is -1.49. The molecule has 0 spiro atoms. The number of halogens is 4. The Morgan fingerprint density at radius 3 is 2.66 bits per heavy atom. The molecule has 32 heavy (non-hydrogen) atoms. The Balaban J connectivity index is 1.61. The van der Waals surface area contributed by atoms with Gasteiger partial charge in [0.15, 0.2) is 5.03 Å². The Bertz CT molecular complexity index is 1070. The highest BCUT2D eigenvalue weighted by molar-refractivity contribution is 7.89. The van der Waals surface area contributed by atoms with Gasteiger partial charge in [-0.05, 0) is 42.9 Å². The van der Waals surface area contributed by atoms with Crippen LogP contribution in [0.15, 0.2) is 35.7 Å². The van der Waals surface area contributed by atoms with Crippen molar-refractivity contribution in [3.05, 3.63) is 42.1 Å². The van der Waals surface area contributed by atoms with Gasteiger partial charge in [0.1, 0.15) is 5.82 Å². The molecule has 2 saturated heterocycles. The largest absolute Gasteiger partial charge is 0.419 e. The van der Waals surface area contributed by atoms with Gasteiger partial charge in [-0.2, -0.15) is 17.5 Å². The summed E-state index contributed by atoms with van der Waals surface area (Å²) in [5, 5.41) is 2.95. The minimum absolute atomic E-state index is 0.0488. The van der Waals surface area contributed by atoms with Crippen LogP contribution in [0.5, 0.6) is 0 Å². The quantitative estimate of drug-likeness (QED) is 0.672. The number of nitrogens with one attached hydrogen (secondary N) is 1. The van der Waals surface area contributed by atoms with Gasteiger partial charge in [0, 0.05) is 51.3 Å². The number of hydrogen-bond acceptors (Lipinski definition) is 5. The van der Waals surface area contributed by atoms with Gasteiger partial charge in [0.2, 0.25) is 0 Å². The molecule has 1 aromatic carbocycles. The standard InChI is InChI=1S/C20H24F4N4O3S/c1-27-10-19(25-12-27)32(29,30)28-8-15(13-3-2-6-31-11-13)18(9-28)26-14-4-5-17(21)16(7-14)20(22,23)24/h4-5,7,10,12-13,15,18,26H,2-3,6,8-9,11H2,1H3/t13-,15-,18+/m1/s1. The van der Waals surface area contributed by atoms with Gasteiger partial charge in [-0.1, -0.05) is 0 Å². The second-order valence-electron chi connectivity index (χ2n) is 8.28. The van der Waals surface area contributed by atoms with Crippen LogP contribution >= 0.6 is 0 Å². The van der Waals surface area contributed by atoms with E-state index in [-0.39, 0.29) is 35.6 Å². The zero-order chi connectivity index (χ0) is 23.1. The molecular weight excluding hydrogens is 452 g/mol. The lowest BCUT2D eigenvalue weighted by atomic mass is 9.84. The first kappa shape index (κ1) is 23.0. The number of ether oxygens (including phenoxy) is 1. The first-order chi connectivity index (χ1) is 15.1. The van der Waals surface area contributed by atoms with E-state index in [1.807, 2.05) is 0 Å². The van der Waals surface area contributed by atoms with Crippen molar-refractivity contribution in [2.24, 2.45) is 18.9 Å². The molecule has 2 aromatic rings. The number of aromatic nitrogens is 2. The SMILES string of the molecule is Cn1cnc(S(=O)(=O)N2C[C@H]([C@@H]3CCCOC3)[C@@H](Nc3ccc(F)c(C(F)(F)F)c3)C2)c1. The molecule has 0 radical (unpaired) electrons. The molecule has 0 saturated carbocycles. The highest BCUT2D eigenvalue weighted by Crippen LogP contribution is 2.36. The Kier molecular flexibility index (Phi) is 6.21. The van der Waals surface area contributed by atoms with Crippen molar-refractivity contribution in [2.45, 2.75) is 30.1 Å². The highest BCUT2D eigenvalue weighted by Gasteiger charge is 2.44. The van der Waals surface area contributed by atoms with Crippen molar-refractivity contribution >= 4 is 15.7 Å². The van der Waals surface area contributed by atoms with Crippen LogP contribution in [-0.4, -0.2) is 54.6 Å². The number of alkyl halides is 3. The minimum Gasteiger partial charge on any atom is -0.381 e. The molecule has 176 valence electrons. The van der Waals surface area contributed by atoms with E-state index in [2.05, 4.69) is 10.3 Å². The smallest absolute Gasteiger partial charge is 0.381 e. The molecule has 1 N–H and O–H groups in total.